The SMILES string of the molecule is C#CC(C)(C)CC(=C)/C(=C/CC)C(=C)C1C2CN21. The summed E-state index contributed by atoms with van der Waals surface area (Å²) >= 11 is 0. The van der Waals surface area contributed by atoms with Gasteiger partial charge in [-0.05, 0) is 43.4 Å². The lowest BCUT2D eigenvalue weighted by atomic mass is 9.82. The Morgan fingerprint density at radius 2 is 2.11 bits per heavy atom. The van der Waals surface area contributed by atoms with E-state index >= 15 is 0 Å². The summed E-state index contributed by atoms with van der Waals surface area (Å²) < 4.78 is 0. The Morgan fingerprint density at radius 1 is 1.50 bits per heavy atom. The zero-order valence-electron chi connectivity index (χ0n) is 11.8. The molecule has 0 aliphatic carbocycles. The molecule has 0 aromatic rings. The van der Waals surface area contributed by atoms with Gasteiger partial charge in [0.15, 0.2) is 0 Å². The first kappa shape index (κ1) is 13.2. The molecule has 1 heteroatoms. The van der Waals surface area contributed by atoms with Gasteiger partial charge in [-0.1, -0.05) is 26.2 Å². The van der Waals surface area contributed by atoms with Gasteiger partial charge in [0.25, 0.3) is 0 Å². The summed E-state index contributed by atoms with van der Waals surface area (Å²) in [6.07, 6.45) is 9.67. The standard InChI is InChI=1S/C17H23N/c1-7-9-14(12(3)10-17(5,6)8-2)13(4)16-15-11-18(15)16/h2,9,15-16H,3-4,7,10-11H2,1,5-6H3/b14-9-. The van der Waals surface area contributed by atoms with Gasteiger partial charge in [0, 0.05) is 18.0 Å². The maximum atomic E-state index is 5.56. The molecule has 0 bridgehead atoms. The van der Waals surface area contributed by atoms with Crippen LogP contribution in [0.15, 0.2) is 36.0 Å². The molecular weight excluding hydrogens is 218 g/mol. The number of hydrogen-bond donors (Lipinski definition) is 0. The first-order valence-electron chi connectivity index (χ1n) is 6.72. The Balaban J connectivity index is 2.06. The largest absolute Gasteiger partial charge is 0.287 e. The number of fused-ring (bicyclic) bond motifs is 1. The van der Waals surface area contributed by atoms with E-state index in [1.165, 1.54) is 17.7 Å². The molecule has 0 spiro atoms. The maximum absolute atomic E-state index is 5.56. The molecule has 2 aliphatic heterocycles. The number of rotatable bonds is 6. The molecule has 0 N–H and O–H groups in total. The zero-order valence-corrected chi connectivity index (χ0v) is 11.8. The van der Waals surface area contributed by atoms with Crippen molar-refractivity contribution in [2.24, 2.45) is 5.41 Å². The monoisotopic (exact) mass is 241 g/mol. The lowest BCUT2D eigenvalue weighted by molar-refractivity contribution is 0.502. The van der Waals surface area contributed by atoms with Crippen LogP contribution in [0.2, 0.25) is 0 Å². The minimum atomic E-state index is -0.128. The molecule has 2 heterocycles. The fourth-order valence-electron chi connectivity index (χ4n) is 2.55. The Labute approximate surface area is 111 Å². The van der Waals surface area contributed by atoms with Crippen molar-refractivity contribution in [2.45, 2.75) is 45.7 Å². The molecule has 96 valence electrons. The van der Waals surface area contributed by atoms with E-state index in [1.807, 2.05) is 0 Å². The maximum Gasteiger partial charge on any atom is 0.0521 e. The molecule has 18 heavy (non-hydrogen) atoms. The fraction of sp³-hybridized carbons (Fsp3) is 0.529. The Kier molecular flexibility index (Phi) is 3.25. The quantitative estimate of drug-likeness (QED) is 0.390. The zero-order chi connectivity index (χ0) is 13.5. The first-order chi connectivity index (χ1) is 8.41. The molecule has 0 saturated carbocycles. The van der Waals surface area contributed by atoms with E-state index in [0.29, 0.717) is 6.04 Å². The summed E-state index contributed by atoms with van der Waals surface area (Å²) in [6.45, 7) is 16.1. The second kappa shape index (κ2) is 4.44. The second-order valence-corrected chi connectivity index (χ2v) is 6.07. The molecule has 0 radical (unpaired) electrons. The van der Waals surface area contributed by atoms with Gasteiger partial charge in [-0.2, -0.15) is 0 Å². The summed E-state index contributed by atoms with van der Waals surface area (Å²) in [5, 5.41) is 0. The van der Waals surface area contributed by atoms with E-state index in [4.69, 9.17) is 6.42 Å². The van der Waals surface area contributed by atoms with E-state index < -0.39 is 0 Å². The third-order valence-corrected chi connectivity index (χ3v) is 3.86. The summed E-state index contributed by atoms with van der Waals surface area (Å²) in [5.74, 6) is 2.84. The molecule has 2 rings (SSSR count). The van der Waals surface area contributed by atoms with Gasteiger partial charge in [0.2, 0.25) is 0 Å². The van der Waals surface area contributed by atoms with Gasteiger partial charge < -0.3 is 0 Å². The molecule has 2 saturated heterocycles. The topological polar surface area (TPSA) is 3.01 Å². The van der Waals surface area contributed by atoms with Gasteiger partial charge in [-0.15, -0.1) is 12.3 Å². The predicted octanol–water partition coefficient (Wildman–Crippen LogP) is 3.55. The second-order valence-electron chi connectivity index (χ2n) is 6.07. The van der Waals surface area contributed by atoms with Crippen molar-refractivity contribution < 1.29 is 0 Å². The van der Waals surface area contributed by atoms with Crippen molar-refractivity contribution in [3.63, 3.8) is 0 Å². The summed E-state index contributed by atoms with van der Waals surface area (Å²) in [6, 6.07) is 1.37. The van der Waals surface area contributed by atoms with Crippen LogP contribution in [0.1, 0.15) is 33.6 Å². The van der Waals surface area contributed by atoms with Crippen molar-refractivity contribution in [3.8, 4) is 12.3 Å². The van der Waals surface area contributed by atoms with Gasteiger partial charge in [-0.3, -0.25) is 4.90 Å². The number of terminal acetylenes is 1. The number of allylic oxidation sites excluding steroid dienone is 2. The van der Waals surface area contributed by atoms with Gasteiger partial charge >= 0.3 is 0 Å². The van der Waals surface area contributed by atoms with Crippen LogP contribution in [0.3, 0.4) is 0 Å². The highest BCUT2D eigenvalue weighted by Crippen LogP contribution is 2.50. The lowest BCUT2D eigenvalue weighted by Crippen LogP contribution is -2.14. The van der Waals surface area contributed by atoms with Crippen LogP contribution < -0.4 is 0 Å². The van der Waals surface area contributed by atoms with E-state index in [0.717, 1.165) is 24.5 Å². The van der Waals surface area contributed by atoms with Crippen molar-refractivity contribution in [3.05, 3.63) is 36.0 Å². The minimum absolute atomic E-state index is 0.128. The third kappa shape index (κ3) is 2.44. The molecule has 3 atom stereocenters. The van der Waals surface area contributed by atoms with Crippen molar-refractivity contribution >= 4 is 0 Å². The highest BCUT2D eigenvalue weighted by atomic mass is 15.5. The highest BCUT2D eigenvalue weighted by molar-refractivity contribution is 5.52. The van der Waals surface area contributed by atoms with Crippen LogP contribution in [0.5, 0.6) is 0 Å². The molecule has 1 nitrogen and oxygen atoms in total. The highest BCUT2D eigenvalue weighted by Gasteiger charge is 2.63. The van der Waals surface area contributed by atoms with Crippen molar-refractivity contribution in [1.29, 1.82) is 0 Å². The van der Waals surface area contributed by atoms with Crippen LogP contribution in [0, 0.1) is 17.8 Å². The predicted molar refractivity (Wildman–Crippen MR) is 78.2 cm³/mol. The Bertz CT molecular complexity index is 450. The molecular formula is C17H23N. The van der Waals surface area contributed by atoms with Crippen LogP contribution in [0.25, 0.3) is 0 Å². The molecule has 0 aromatic carbocycles. The fourth-order valence-corrected chi connectivity index (χ4v) is 2.55. The Morgan fingerprint density at radius 3 is 2.50 bits per heavy atom. The molecule has 2 aliphatic rings. The summed E-state index contributed by atoms with van der Waals surface area (Å²) in [5.41, 5.74) is 3.50. The van der Waals surface area contributed by atoms with E-state index in [1.54, 1.807) is 0 Å². The van der Waals surface area contributed by atoms with Gasteiger partial charge in [0.1, 0.15) is 0 Å². The average Bonchev–Trinajstić information content (AvgIpc) is 3.14. The minimum Gasteiger partial charge on any atom is -0.287 e. The van der Waals surface area contributed by atoms with Crippen LogP contribution >= 0.6 is 0 Å². The summed E-state index contributed by atoms with van der Waals surface area (Å²) in [7, 11) is 0. The van der Waals surface area contributed by atoms with E-state index in [9.17, 15) is 0 Å². The van der Waals surface area contributed by atoms with Crippen molar-refractivity contribution in [2.75, 3.05) is 6.54 Å². The van der Waals surface area contributed by atoms with Crippen LogP contribution in [-0.4, -0.2) is 23.5 Å². The van der Waals surface area contributed by atoms with Gasteiger partial charge in [-0.25, -0.2) is 0 Å². The number of nitrogens with zero attached hydrogens (tertiary/aromatic N) is 1. The van der Waals surface area contributed by atoms with Crippen molar-refractivity contribution in [1.82, 2.24) is 4.90 Å². The van der Waals surface area contributed by atoms with E-state index in [2.05, 4.69) is 50.8 Å². The van der Waals surface area contributed by atoms with Crippen LogP contribution in [-0.2, 0) is 0 Å². The van der Waals surface area contributed by atoms with E-state index in [-0.39, 0.29) is 5.41 Å². The van der Waals surface area contributed by atoms with Crippen LogP contribution in [0.4, 0.5) is 0 Å². The molecule has 2 fully saturated rings. The number of hydrogen-bond acceptors (Lipinski definition) is 1. The third-order valence-electron chi connectivity index (χ3n) is 3.86. The smallest absolute Gasteiger partial charge is 0.0521 e. The summed E-state index contributed by atoms with van der Waals surface area (Å²) in [4.78, 5) is 2.45. The average molecular weight is 241 g/mol. The normalized spacial score (nSPS) is 29.2. The molecule has 0 amide bonds. The molecule has 0 aromatic heterocycles. The Hall–Kier alpha value is -1.26. The molecule has 3 unspecified atom stereocenters. The lowest BCUT2D eigenvalue weighted by Gasteiger charge is -2.22. The van der Waals surface area contributed by atoms with Gasteiger partial charge in [0.05, 0.1) is 6.04 Å². The first-order valence-corrected chi connectivity index (χ1v) is 6.72.